The van der Waals surface area contributed by atoms with Crippen molar-refractivity contribution in [3.63, 3.8) is 0 Å². The zero-order valence-electron chi connectivity index (χ0n) is 32.4. The summed E-state index contributed by atoms with van der Waals surface area (Å²) < 4.78 is 0. The van der Waals surface area contributed by atoms with Crippen LogP contribution in [0.1, 0.15) is 47.2 Å². The lowest BCUT2D eigenvalue weighted by atomic mass is 9.65. The Labute approximate surface area is 344 Å². The maximum Gasteiger partial charge on any atom is 0.0762 e. The van der Waals surface area contributed by atoms with Gasteiger partial charge in [-0.2, -0.15) is 0 Å². The molecule has 9 aromatic carbocycles. The molecule has 2 aliphatic carbocycles. The number of nitrogens with zero attached hydrogens (tertiary/aromatic N) is 1. The minimum absolute atomic E-state index is 0.141. The van der Waals surface area contributed by atoms with E-state index >= 15 is 0 Å². The van der Waals surface area contributed by atoms with E-state index in [1.54, 1.807) is 0 Å². The van der Waals surface area contributed by atoms with Gasteiger partial charge in [0.15, 0.2) is 0 Å². The molecule has 0 fully saturated rings. The average Bonchev–Trinajstić information content (AvgIpc) is 3.70. The lowest BCUT2D eigenvalue weighted by Crippen LogP contribution is -2.33. The molecule has 9 aromatic rings. The Hall–Kier alpha value is -6.61. The second-order valence-electron chi connectivity index (χ2n) is 16.4. The summed E-state index contributed by atoms with van der Waals surface area (Å²) in [5, 5.41) is 2.56. The maximum absolute atomic E-state index is 2.55. The Morgan fingerprint density at radius 1 is 0.397 bits per heavy atom. The predicted molar refractivity (Wildman–Crippen MR) is 243 cm³/mol. The van der Waals surface area contributed by atoms with Crippen LogP contribution in [0.4, 0.5) is 17.1 Å². The van der Waals surface area contributed by atoms with Crippen LogP contribution in [0.5, 0.6) is 0 Å². The Balaban J connectivity index is 1.19. The summed E-state index contributed by atoms with van der Waals surface area (Å²) in [5.41, 5.74) is 18.5. The molecule has 1 spiro atoms. The van der Waals surface area contributed by atoms with Gasteiger partial charge in [0.2, 0.25) is 0 Å². The van der Waals surface area contributed by atoms with Crippen LogP contribution in [0, 0.1) is 0 Å². The van der Waals surface area contributed by atoms with Gasteiger partial charge in [-0.05, 0) is 114 Å². The van der Waals surface area contributed by atoms with Gasteiger partial charge < -0.3 is 4.90 Å². The second kappa shape index (κ2) is 12.4. The van der Waals surface area contributed by atoms with Crippen molar-refractivity contribution in [2.75, 3.05) is 4.90 Å². The molecular formula is C56H39NS. The van der Waals surface area contributed by atoms with Crippen LogP contribution in [0.2, 0.25) is 0 Å². The second-order valence-corrected chi connectivity index (χ2v) is 17.5. The largest absolute Gasteiger partial charge is 0.310 e. The minimum atomic E-state index is -0.574. The van der Waals surface area contributed by atoms with Gasteiger partial charge in [-0.3, -0.25) is 0 Å². The van der Waals surface area contributed by atoms with Crippen LogP contribution < -0.4 is 4.90 Å². The lowest BCUT2D eigenvalue weighted by molar-refractivity contribution is 0.660. The highest BCUT2D eigenvalue weighted by Gasteiger charge is 2.53. The van der Waals surface area contributed by atoms with Crippen LogP contribution in [-0.4, -0.2) is 0 Å². The first-order valence-electron chi connectivity index (χ1n) is 20.3. The van der Waals surface area contributed by atoms with E-state index in [9.17, 15) is 0 Å². The fourth-order valence-electron chi connectivity index (χ4n) is 10.6. The molecule has 274 valence electrons. The Bertz CT molecular complexity index is 3120. The first kappa shape index (κ1) is 33.5. The first-order chi connectivity index (χ1) is 28.5. The first-order valence-corrected chi connectivity index (χ1v) is 21.1. The van der Waals surface area contributed by atoms with Crippen molar-refractivity contribution in [1.29, 1.82) is 0 Å². The van der Waals surface area contributed by atoms with Crippen LogP contribution in [0.15, 0.2) is 210 Å². The van der Waals surface area contributed by atoms with Crippen molar-refractivity contribution in [1.82, 2.24) is 0 Å². The number of fused-ring (bicyclic) bond motifs is 14. The van der Waals surface area contributed by atoms with Crippen molar-refractivity contribution < 1.29 is 0 Å². The molecule has 0 bridgehead atoms. The van der Waals surface area contributed by atoms with E-state index in [4.69, 9.17) is 0 Å². The molecule has 0 radical (unpaired) electrons. The maximum atomic E-state index is 2.55. The van der Waals surface area contributed by atoms with E-state index in [-0.39, 0.29) is 5.41 Å². The molecule has 0 saturated carbocycles. The third-order valence-electron chi connectivity index (χ3n) is 13.1. The van der Waals surface area contributed by atoms with Gasteiger partial charge in [0, 0.05) is 32.1 Å². The molecule has 58 heavy (non-hydrogen) atoms. The predicted octanol–water partition coefficient (Wildman–Crippen LogP) is 15.1. The molecule has 0 saturated heterocycles. The van der Waals surface area contributed by atoms with Gasteiger partial charge in [0.1, 0.15) is 0 Å². The third kappa shape index (κ3) is 4.55. The fraction of sp³-hybridized carbons (Fsp3) is 0.0714. The van der Waals surface area contributed by atoms with Gasteiger partial charge >= 0.3 is 0 Å². The average molecular weight is 758 g/mol. The van der Waals surface area contributed by atoms with E-state index in [0.29, 0.717) is 0 Å². The zero-order chi connectivity index (χ0) is 38.6. The van der Waals surface area contributed by atoms with Crippen molar-refractivity contribution in [3.05, 3.63) is 234 Å². The van der Waals surface area contributed by atoms with Gasteiger partial charge in [0.25, 0.3) is 0 Å². The number of anilines is 3. The normalized spacial score (nSPS) is 16.2. The highest BCUT2D eigenvalue weighted by atomic mass is 32.2. The SMILES string of the molecule is CC1(C)c2ccccc2-c2ccc(N(c3ccc(-c4ccccc4)cc3)c3cccc4c3C3(c5ccccc5Sc5ccc6ccccc6c53)c3ccccc3-4)cc21. The van der Waals surface area contributed by atoms with Crippen molar-refractivity contribution in [3.8, 4) is 33.4 Å². The summed E-state index contributed by atoms with van der Waals surface area (Å²) in [6, 6.07) is 75.1. The fourth-order valence-corrected chi connectivity index (χ4v) is 11.8. The highest BCUT2D eigenvalue weighted by Crippen LogP contribution is 2.66. The van der Waals surface area contributed by atoms with Crippen LogP contribution in [-0.2, 0) is 10.8 Å². The van der Waals surface area contributed by atoms with Crippen LogP contribution in [0.3, 0.4) is 0 Å². The number of benzene rings is 9. The number of hydrogen-bond acceptors (Lipinski definition) is 2. The summed E-state index contributed by atoms with van der Waals surface area (Å²) in [6.07, 6.45) is 0. The van der Waals surface area contributed by atoms with Gasteiger partial charge in [-0.1, -0.05) is 183 Å². The quantitative estimate of drug-likeness (QED) is 0.176. The van der Waals surface area contributed by atoms with E-state index in [1.807, 2.05) is 11.8 Å². The summed E-state index contributed by atoms with van der Waals surface area (Å²) in [5.74, 6) is 0. The monoisotopic (exact) mass is 757 g/mol. The smallest absolute Gasteiger partial charge is 0.0762 e. The third-order valence-corrected chi connectivity index (χ3v) is 14.3. The molecule has 2 heteroatoms. The molecule has 1 aliphatic heterocycles. The van der Waals surface area contributed by atoms with Gasteiger partial charge in [-0.15, -0.1) is 0 Å². The van der Waals surface area contributed by atoms with E-state index in [1.165, 1.54) is 93.0 Å². The van der Waals surface area contributed by atoms with E-state index in [0.717, 1.165) is 11.4 Å². The molecule has 0 aromatic heterocycles. The van der Waals surface area contributed by atoms with Gasteiger partial charge in [-0.25, -0.2) is 0 Å². The van der Waals surface area contributed by atoms with Crippen molar-refractivity contribution >= 4 is 39.6 Å². The summed E-state index contributed by atoms with van der Waals surface area (Å²) >= 11 is 1.91. The molecule has 12 rings (SSSR count). The summed E-state index contributed by atoms with van der Waals surface area (Å²) in [7, 11) is 0. The topological polar surface area (TPSA) is 3.24 Å². The van der Waals surface area contributed by atoms with Gasteiger partial charge in [0.05, 0.1) is 11.1 Å². The molecule has 0 amide bonds. The molecule has 1 atom stereocenters. The van der Waals surface area contributed by atoms with Crippen molar-refractivity contribution in [2.24, 2.45) is 0 Å². The van der Waals surface area contributed by atoms with E-state index in [2.05, 4.69) is 219 Å². The summed E-state index contributed by atoms with van der Waals surface area (Å²) in [4.78, 5) is 5.17. The van der Waals surface area contributed by atoms with Crippen LogP contribution >= 0.6 is 11.8 Å². The Kier molecular flexibility index (Phi) is 7.19. The molecule has 1 nitrogen and oxygen atoms in total. The lowest BCUT2D eigenvalue weighted by Gasteiger charge is -2.42. The molecule has 0 N–H and O–H groups in total. The standard InChI is InChI=1S/C56H39NS/c1-55(2)46-22-10-8-19-42(46)44-33-32-40(35-49(44)55)57(39-30-27-37(28-31-39)36-15-4-3-5-16-36)50-25-14-21-45-43-20-9-11-23-47(43)56(53(45)50)48-24-12-13-26-51(48)58-52-34-29-38-17-6-7-18-41(38)54(52)56/h3-35H,1-2H3. The number of rotatable bonds is 4. The Morgan fingerprint density at radius 2 is 1.02 bits per heavy atom. The van der Waals surface area contributed by atoms with Crippen molar-refractivity contribution in [2.45, 2.75) is 34.5 Å². The molecule has 1 heterocycles. The zero-order valence-corrected chi connectivity index (χ0v) is 33.2. The molecule has 3 aliphatic rings. The van der Waals surface area contributed by atoms with E-state index < -0.39 is 5.41 Å². The number of hydrogen-bond donors (Lipinski definition) is 0. The molecule has 1 unspecified atom stereocenters. The van der Waals surface area contributed by atoms with Crippen LogP contribution in [0.25, 0.3) is 44.2 Å². The Morgan fingerprint density at radius 3 is 1.84 bits per heavy atom. The summed E-state index contributed by atoms with van der Waals surface area (Å²) in [6.45, 7) is 4.76. The minimum Gasteiger partial charge on any atom is -0.310 e. The highest BCUT2D eigenvalue weighted by molar-refractivity contribution is 7.99. The molecular weight excluding hydrogens is 719 g/mol.